The van der Waals surface area contributed by atoms with E-state index in [0.29, 0.717) is 6.04 Å². The van der Waals surface area contributed by atoms with Crippen LogP contribution in [0.5, 0.6) is 0 Å². The Balaban J connectivity index is 1.69. The lowest BCUT2D eigenvalue weighted by Gasteiger charge is -2.15. The van der Waals surface area contributed by atoms with Crippen LogP contribution in [-0.2, 0) is 6.54 Å². The molecule has 0 amide bonds. The van der Waals surface area contributed by atoms with Gasteiger partial charge in [0.2, 0.25) is 0 Å². The fraction of sp³-hybridized carbons (Fsp3) is 0.211. The predicted octanol–water partition coefficient (Wildman–Crippen LogP) is 4.39. The summed E-state index contributed by atoms with van der Waals surface area (Å²) in [7, 11) is 0. The summed E-state index contributed by atoms with van der Waals surface area (Å²) in [5.41, 5.74) is 3.92. The van der Waals surface area contributed by atoms with Crippen LogP contribution in [0.15, 0.2) is 60.9 Å². The third kappa shape index (κ3) is 3.29. The highest BCUT2D eigenvalue weighted by Gasteiger charge is 2.04. The minimum absolute atomic E-state index is 0.346. The molecule has 0 unspecified atom stereocenters. The standard InChI is InChI=1S/C19H20N2/c1-14-3-6-17(7-4-14)15(2)21-12-16-5-8-19-13-20-10-9-18(19)11-16/h3-11,13,15,21H,12H2,1-2H3/t15-/m1/s1. The van der Waals surface area contributed by atoms with Crippen LogP contribution in [0.4, 0.5) is 0 Å². The summed E-state index contributed by atoms with van der Waals surface area (Å²) in [5, 5.41) is 6.01. The lowest BCUT2D eigenvalue weighted by molar-refractivity contribution is 0.575. The van der Waals surface area contributed by atoms with Crippen LogP contribution in [0.1, 0.15) is 29.7 Å². The third-order valence-corrected chi connectivity index (χ3v) is 3.89. The average molecular weight is 276 g/mol. The minimum atomic E-state index is 0.346. The predicted molar refractivity (Wildman–Crippen MR) is 88.2 cm³/mol. The number of hydrogen-bond donors (Lipinski definition) is 1. The van der Waals surface area contributed by atoms with Crippen molar-refractivity contribution in [3.63, 3.8) is 0 Å². The molecule has 1 atom stereocenters. The van der Waals surface area contributed by atoms with Gasteiger partial charge in [0.1, 0.15) is 0 Å². The van der Waals surface area contributed by atoms with E-state index in [1.807, 2.05) is 12.4 Å². The molecule has 2 aromatic carbocycles. The van der Waals surface area contributed by atoms with Crippen molar-refractivity contribution >= 4 is 10.8 Å². The van der Waals surface area contributed by atoms with E-state index in [9.17, 15) is 0 Å². The highest BCUT2D eigenvalue weighted by molar-refractivity contribution is 5.81. The van der Waals surface area contributed by atoms with Crippen molar-refractivity contribution < 1.29 is 0 Å². The molecule has 1 aromatic heterocycles. The van der Waals surface area contributed by atoms with Gasteiger partial charge in [0.25, 0.3) is 0 Å². The summed E-state index contributed by atoms with van der Waals surface area (Å²) in [6.45, 7) is 5.19. The van der Waals surface area contributed by atoms with E-state index in [0.717, 1.165) is 6.54 Å². The molecule has 0 aliphatic carbocycles. The first kappa shape index (κ1) is 13.8. The fourth-order valence-corrected chi connectivity index (χ4v) is 2.49. The second-order valence-electron chi connectivity index (χ2n) is 5.57. The van der Waals surface area contributed by atoms with Gasteiger partial charge in [-0.3, -0.25) is 4.98 Å². The van der Waals surface area contributed by atoms with Crippen molar-refractivity contribution in [2.24, 2.45) is 0 Å². The van der Waals surface area contributed by atoms with Gasteiger partial charge in [0.15, 0.2) is 0 Å². The van der Waals surface area contributed by atoms with Crippen LogP contribution >= 0.6 is 0 Å². The van der Waals surface area contributed by atoms with E-state index in [1.54, 1.807) is 0 Å². The zero-order valence-electron chi connectivity index (χ0n) is 12.5. The molecule has 1 heterocycles. The van der Waals surface area contributed by atoms with Crippen LogP contribution in [-0.4, -0.2) is 4.98 Å². The molecule has 2 heteroatoms. The summed E-state index contributed by atoms with van der Waals surface area (Å²) in [5.74, 6) is 0. The molecule has 0 bridgehead atoms. The Morgan fingerprint density at radius 2 is 1.81 bits per heavy atom. The number of nitrogens with zero attached hydrogens (tertiary/aromatic N) is 1. The number of rotatable bonds is 4. The lowest BCUT2D eigenvalue weighted by atomic mass is 10.1. The van der Waals surface area contributed by atoms with Gasteiger partial charge in [-0.25, -0.2) is 0 Å². The largest absolute Gasteiger partial charge is 0.306 e. The zero-order chi connectivity index (χ0) is 14.7. The molecule has 1 N–H and O–H groups in total. The van der Waals surface area contributed by atoms with Crippen LogP contribution in [0.25, 0.3) is 10.8 Å². The maximum Gasteiger partial charge on any atom is 0.0346 e. The number of hydrogen-bond acceptors (Lipinski definition) is 2. The molecule has 2 nitrogen and oxygen atoms in total. The Morgan fingerprint density at radius 1 is 1.00 bits per heavy atom. The summed E-state index contributed by atoms with van der Waals surface area (Å²) in [6.07, 6.45) is 3.75. The molecular formula is C19H20N2. The molecule has 0 fully saturated rings. The number of fused-ring (bicyclic) bond motifs is 1. The van der Waals surface area contributed by atoms with Crippen molar-refractivity contribution in [3.05, 3.63) is 77.6 Å². The van der Waals surface area contributed by atoms with Crippen molar-refractivity contribution in [1.82, 2.24) is 10.3 Å². The highest BCUT2D eigenvalue weighted by atomic mass is 14.9. The summed E-state index contributed by atoms with van der Waals surface area (Å²) < 4.78 is 0. The van der Waals surface area contributed by atoms with Gasteiger partial charge in [-0.05, 0) is 42.5 Å². The van der Waals surface area contributed by atoms with Gasteiger partial charge >= 0.3 is 0 Å². The minimum Gasteiger partial charge on any atom is -0.306 e. The molecule has 0 spiro atoms. The molecule has 0 saturated carbocycles. The normalized spacial score (nSPS) is 12.5. The molecule has 21 heavy (non-hydrogen) atoms. The topological polar surface area (TPSA) is 24.9 Å². The summed E-state index contributed by atoms with van der Waals surface area (Å²) in [4.78, 5) is 4.15. The number of nitrogens with one attached hydrogen (secondary N) is 1. The van der Waals surface area contributed by atoms with Crippen molar-refractivity contribution in [1.29, 1.82) is 0 Å². The monoisotopic (exact) mass is 276 g/mol. The van der Waals surface area contributed by atoms with Gasteiger partial charge in [0.05, 0.1) is 0 Å². The first-order valence-electron chi connectivity index (χ1n) is 7.35. The van der Waals surface area contributed by atoms with E-state index in [-0.39, 0.29) is 0 Å². The van der Waals surface area contributed by atoms with E-state index < -0.39 is 0 Å². The quantitative estimate of drug-likeness (QED) is 0.764. The van der Waals surface area contributed by atoms with Gasteiger partial charge < -0.3 is 5.32 Å². The Hall–Kier alpha value is -2.19. The molecule has 3 aromatic rings. The van der Waals surface area contributed by atoms with E-state index in [2.05, 4.69) is 72.7 Å². The Kier molecular flexibility index (Phi) is 3.98. The van der Waals surface area contributed by atoms with E-state index in [1.165, 1.54) is 27.5 Å². The summed E-state index contributed by atoms with van der Waals surface area (Å²) >= 11 is 0. The molecule has 106 valence electrons. The number of pyridine rings is 1. The van der Waals surface area contributed by atoms with Gasteiger partial charge in [0, 0.05) is 30.4 Å². The average Bonchev–Trinajstić information content (AvgIpc) is 2.53. The molecular weight excluding hydrogens is 256 g/mol. The molecule has 0 aliphatic heterocycles. The van der Waals surface area contributed by atoms with E-state index in [4.69, 9.17) is 0 Å². The fourth-order valence-electron chi connectivity index (χ4n) is 2.49. The zero-order valence-corrected chi connectivity index (χ0v) is 12.5. The number of aryl methyl sites for hydroxylation is 1. The SMILES string of the molecule is Cc1ccc([C@@H](C)NCc2ccc3cnccc3c2)cc1. The summed E-state index contributed by atoms with van der Waals surface area (Å²) in [6, 6.07) is 17.6. The van der Waals surface area contributed by atoms with Crippen LogP contribution in [0, 0.1) is 6.92 Å². The van der Waals surface area contributed by atoms with Gasteiger partial charge in [-0.1, -0.05) is 42.0 Å². The molecule has 0 aliphatic rings. The second-order valence-corrected chi connectivity index (χ2v) is 5.57. The second kappa shape index (κ2) is 6.06. The maximum absolute atomic E-state index is 4.15. The van der Waals surface area contributed by atoms with Crippen molar-refractivity contribution in [2.45, 2.75) is 26.4 Å². The molecule has 3 rings (SSSR count). The van der Waals surface area contributed by atoms with Crippen LogP contribution < -0.4 is 5.32 Å². The van der Waals surface area contributed by atoms with E-state index >= 15 is 0 Å². The van der Waals surface area contributed by atoms with Crippen molar-refractivity contribution in [3.8, 4) is 0 Å². The Labute approximate surface area is 125 Å². The smallest absolute Gasteiger partial charge is 0.0346 e. The molecule has 0 radical (unpaired) electrons. The van der Waals surface area contributed by atoms with Gasteiger partial charge in [-0.2, -0.15) is 0 Å². The first-order chi connectivity index (χ1) is 10.2. The Morgan fingerprint density at radius 3 is 2.62 bits per heavy atom. The highest BCUT2D eigenvalue weighted by Crippen LogP contribution is 2.17. The third-order valence-electron chi connectivity index (χ3n) is 3.89. The van der Waals surface area contributed by atoms with Gasteiger partial charge in [-0.15, -0.1) is 0 Å². The lowest BCUT2D eigenvalue weighted by Crippen LogP contribution is -2.18. The number of aromatic nitrogens is 1. The first-order valence-corrected chi connectivity index (χ1v) is 7.35. The van der Waals surface area contributed by atoms with Crippen LogP contribution in [0.3, 0.4) is 0 Å². The molecule has 0 saturated heterocycles. The van der Waals surface area contributed by atoms with Crippen LogP contribution in [0.2, 0.25) is 0 Å². The Bertz CT molecular complexity index is 732. The maximum atomic E-state index is 4.15. The number of benzene rings is 2. The van der Waals surface area contributed by atoms with Crippen molar-refractivity contribution in [2.75, 3.05) is 0 Å².